The molecule has 5 heteroatoms. The highest BCUT2D eigenvalue weighted by Crippen LogP contribution is 2.34. The normalized spacial score (nSPS) is 20.5. The second-order valence-electron chi connectivity index (χ2n) is 4.01. The van der Waals surface area contributed by atoms with Gasteiger partial charge in [0.25, 0.3) is 5.91 Å². The first-order chi connectivity index (χ1) is 8.02. The summed E-state index contributed by atoms with van der Waals surface area (Å²) in [6, 6.07) is 6.41. The van der Waals surface area contributed by atoms with Crippen LogP contribution in [0, 0.1) is 0 Å². The molecule has 1 aromatic carbocycles. The third-order valence-electron chi connectivity index (χ3n) is 2.81. The number of amides is 2. The van der Waals surface area contributed by atoms with E-state index in [1.54, 1.807) is 32.0 Å². The molecule has 2 atom stereocenters. The van der Waals surface area contributed by atoms with Crippen molar-refractivity contribution in [1.82, 2.24) is 0 Å². The van der Waals surface area contributed by atoms with Crippen molar-refractivity contribution in [3.05, 3.63) is 24.3 Å². The first-order valence-electron chi connectivity index (χ1n) is 5.40. The van der Waals surface area contributed by atoms with Crippen molar-refractivity contribution in [3.8, 4) is 5.75 Å². The minimum absolute atomic E-state index is 0.255. The van der Waals surface area contributed by atoms with Crippen LogP contribution in [-0.4, -0.2) is 24.0 Å². The molecule has 5 nitrogen and oxygen atoms in total. The lowest BCUT2D eigenvalue weighted by Gasteiger charge is -2.35. The van der Waals surface area contributed by atoms with Gasteiger partial charge < -0.3 is 10.5 Å². The minimum atomic E-state index is -0.685. The number of anilines is 1. The van der Waals surface area contributed by atoms with Crippen LogP contribution in [0.2, 0.25) is 0 Å². The van der Waals surface area contributed by atoms with Crippen LogP contribution in [0.15, 0.2) is 24.3 Å². The fourth-order valence-electron chi connectivity index (χ4n) is 1.84. The van der Waals surface area contributed by atoms with E-state index in [-0.39, 0.29) is 5.91 Å². The van der Waals surface area contributed by atoms with Crippen molar-refractivity contribution in [2.45, 2.75) is 26.0 Å². The van der Waals surface area contributed by atoms with E-state index in [1.807, 2.05) is 6.07 Å². The Bertz CT molecular complexity index is 473. The highest BCUT2D eigenvalue weighted by Gasteiger charge is 2.36. The van der Waals surface area contributed by atoms with Gasteiger partial charge >= 0.3 is 0 Å². The number of hydrogen-bond donors (Lipinski definition) is 1. The number of carbonyl (C=O) groups excluding carboxylic acids is 2. The molecule has 0 bridgehead atoms. The van der Waals surface area contributed by atoms with Gasteiger partial charge in [-0.15, -0.1) is 0 Å². The van der Waals surface area contributed by atoms with Crippen LogP contribution >= 0.6 is 0 Å². The molecule has 2 amide bonds. The van der Waals surface area contributed by atoms with Crippen molar-refractivity contribution >= 4 is 17.5 Å². The lowest BCUT2D eigenvalue weighted by atomic mass is 10.1. The molecule has 0 radical (unpaired) electrons. The first kappa shape index (κ1) is 11.4. The summed E-state index contributed by atoms with van der Waals surface area (Å²) in [5.74, 6) is -0.204. The molecule has 1 aliphatic heterocycles. The summed E-state index contributed by atoms with van der Waals surface area (Å²) in [6.45, 7) is 3.26. The van der Waals surface area contributed by atoms with Gasteiger partial charge in [0.1, 0.15) is 11.8 Å². The van der Waals surface area contributed by atoms with E-state index in [4.69, 9.17) is 10.5 Å². The van der Waals surface area contributed by atoms with Crippen molar-refractivity contribution in [2.75, 3.05) is 4.90 Å². The van der Waals surface area contributed by atoms with E-state index in [1.165, 1.54) is 4.90 Å². The average molecular weight is 234 g/mol. The number of hydrogen-bond acceptors (Lipinski definition) is 3. The largest absolute Gasteiger partial charge is 0.479 e. The fourth-order valence-corrected chi connectivity index (χ4v) is 1.84. The van der Waals surface area contributed by atoms with Crippen LogP contribution in [0.5, 0.6) is 5.75 Å². The van der Waals surface area contributed by atoms with E-state index in [0.29, 0.717) is 11.4 Å². The maximum atomic E-state index is 12.0. The van der Waals surface area contributed by atoms with Gasteiger partial charge in [-0.2, -0.15) is 0 Å². The highest BCUT2D eigenvalue weighted by atomic mass is 16.5. The summed E-state index contributed by atoms with van der Waals surface area (Å²) in [4.78, 5) is 24.7. The summed E-state index contributed by atoms with van der Waals surface area (Å²) >= 11 is 0. The Morgan fingerprint density at radius 2 is 2.12 bits per heavy atom. The van der Waals surface area contributed by atoms with E-state index >= 15 is 0 Å². The second kappa shape index (κ2) is 4.08. The van der Waals surface area contributed by atoms with E-state index in [0.717, 1.165) is 0 Å². The van der Waals surface area contributed by atoms with Crippen LogP contribution in [0.3, 0.4) is 0 Å². The number of benzene rings is 1. The van der Waals surface area contributed by atoms with Gasteiger partial charge in [-0.3, -0.25) is 14.5 Å². The molecule has 1 aliphatic rings. The Hall–Kier alpha value is -2.04. The molecule has 0 aromatic heterocycles. The molecule has 17 heavy (non-hydrogen) atoms. The zero-order valence-electron chi connectivity index (χ0n) is 9.71. The van der Waals surface area contributed by atoms with Gasteiger partial charge in [-0.25, -0.2) is 0 Å². The van der Waals surface area contributed by atoms with Crippen LogP contribution in [0.25, 0.3) is 0 Å². The smallest absolute Gasteiger partial charge is 0.268 e. The van der Waals surface area contributed by atoms with Gasteiger partial charge in [0, 0.05) is 0 Å². The van der Waals surface area contributed by atoms with Crippen molar-refractivity contribution < 1.29 is 14.3 Å². The van der Waals surface area contributed by atoms with E-state index in [2.05, 4.69) is 0 Å². The Kier molecular flexibility index (Phi) is 2.75. The van der Waals surface area contributed by atoms with Crippen molar-refractivity contribution in [1.29, 1.82) is 0 Å². The SMILES string of the molecule is CC1Oc2ccccc2N(C(C)C(N)=O)C1=O. The summed E-state index contributed by atoms with van der Waals surface area (Å²) in [6.07, 6.45) is -0.605. The Balaban J connectivity index is 2.49. The molecule has 2 rings (SSSR count). The lowest BCUT2D eigenvalue weighted by molar-refractivity contribution is -0.129. The van der Waals surface area contributed by atoms with Crippen molar-refractivity contribution in [3.63, 3.8) is 0 Å². The molecule has 0 saturated carbocycles. The maximum Gasteiger partial charge on any atom is 0.268 e. The number of ether oxygens (including phenoxy) is 1. The number of primary amides is 1. The Labute approximate surface area is 99.2 Å². The number of rotatable bonds is 2. The predicted molar refractivity (Wildman–Crippen MR) is 62.7 cm³/mol. The first-order valence-corrected chi connectivity index (χ1v) is 5.40. The monoisotopic (exact) mass is 234 g/mol. The van der Waals surface area contributed by atoms with E-state index < -0.39 is 18.1 Å². The summed E-state index contributed by atoms with van der Waals surface area (Å²) < 4.78 is 5.46. The third kappa shape index (κ3) is 1.84. The number of para-hydroxylation sites is 2. The summed E-state index contributed by atoms with van der Waals surface area (Å²) in [5.41, 5.74) is 5.84. The summed E-state index contributed by atoms with van der Waals surface area (Å²) in [7, 11) is 0. The Morgan fingerprint density at radius 1 is 1.47 bits per heavy atom. The molecular weight excluding hydrogens is 220 g/mol. The molecule has 0 aliphatic carbocycles. The van der Waals surface area contributed by atoms with Crippen LogP contribution in [0.1, 0.15) is 13.8 Å². The molecule has 0 saturated heterocycles. The highest BCUT2D eigenvalue weighted by molar-refractivity contribution is 6.04. The predicted octanol–water partition coefficient (Wildman–Crippen LogP) is 0.674. The zero-order chi connectivity index (χ0) is 12.6. The maximum absolute atomic E-state index is 12.0. The van der Waals surface area contributed by atoms with Gasteiger partial charge in [0.2, 0.25) is 5.91 Å². The Morgan fingerprint density at radius 3 is 2.76 bits per heavy atom. The molecule has 1 heterocycles. The number of nitrogens with zero attached hydrogens (tertiary/aromatic N) is 1. The zero-order valence-corrected chi connectivity index (χ0v) is 9.71. The molecule has 0 spiro atoms. The quantitative estimate of drug-likeness (QED) is 0.817. The van der Waals surface area contributed by atoms with E-state index in [9.17, 15) is 9.59 Å². The van der Waals surface area contributed by atoms with Crippen molar-refractivity contribution in [2.24, 2.45) is 5.73 Å². The lowest BCUT2D eigenvalue weighted by Crippen LogP contribution is -2.53. The van der Waals surface area contributed by atoms with Gasteiger partial charge in [0.05, 0.1) is 5.69 Å². The average Bonchev–Trinajstić information content (AvgIpc) is 2.30. The topological polar surface area (TPSA) is 72.6 Å². The van der Waals surface area contributed by atoms with Gasteiger partial charge in [-0.1, -0.05) is 12.1 Å². The fraction of sp³-hybridized carbons (Fsp3) is 0.333. The second-order valence-corrected chi connectivity index (χ2v) is 4.01. The molecule has 2 unspecified atom stereocenters. The van der Waals surface area contributed by atoms with Crippen LogP contribution < -0.4 is 15.4 Å². The molecule has 0 fully saturated rings. The van der Waals surface area contributed by atoms with Crippen LogP contribution in [-0.2, 0) is 9.59 Å². The minimum Gasteiger partial charge on any atom is -0.479 e. The van der Waals surface area contributed by atoms with Gasteiger partial charge in [-0.05, 0) is 26.0 Å². The molecule has 2 N–H and O–H groups in total. The number of fused-ring (bicyclic) bond motifs is 1. The number of nitrogens with two attached hydrogens (primary N) is 1. The third-order valence-corrected chi connectivity index (χ3v) is 2.81. The van der Waals surface area contributed by atoms with Crippen LogP contribution in [0.4, 0.5) is 5.69 Å². The summed E-state index contributed by atoms with van der Waals surface area (Å²) in [5, 5.41) is 0. The molecule has 1 aromatic rings. The molecular formula is C12H14N2O3. The molecule has 90 valence electrons. The van der Waals surface area contributed by atoms with Gasteiger partial charge in [0.15, 0.2) is 6.10 Å². The standard InChI is InChI=1S/C12H14N2O3/c1-7(11(13)15)14-9-5-3-4-6-10(9)17-8(2)12(14)16/h3-8H,1-2H3,(H2,13,15). The number of carbonyl (C=O) groups is 2.